The molecule has 1 aromatic heterocycles. The van der Waals surface area contributed by atoms with Crippen molar-refractivity contribution in [3.05, 3.63) is 24.0 Å². The molecule has 2 N–H and O–H groups in total. The summed E-state index contributed by atoms with van der Waals surface area (Å²) in [7, 11) is 0. The predicted molar refractivity (Wildman–Crippen MR) is 70.8 cm³/mol. The molecule has 0 saturated heterocycles. The molecule has 5 heteroatoms. The van der Waals surface area contributed by atoms with Crippen molar-refractivity contribution in [2.75, 3.05) is 11.9 Å². The number of anilines is 1. The largest absolute Gasteiger partial charge is 0.450 e. The second-order valence-electron chi connectivity index (χ2n) is 4.35. The number of carbonyl (C=O) groups excluding carboxylic acids is 1. The van der Waals surface area contributed by atoms with E-state index in [2.05, 4.69) is 29.1 Å². The van der Waals surface area contributed by atoms with Gasteiger partial charge in [0.25, 0.3) is 0 Å². The lowest BCUT2D eigenvalue weighted by Gasteiger charge is -2.04. The van der Waals surface area contributed by atoms with Crippen LogP contribution in [0.1, 0.15) is 32.5 Å². The van der Waals surface area contributed by atoms with Crippen molar-refractivity contribution in [3.63, 3.8) is 0 Å². The van der Waals surface area contributed by atoms with Crippen LogP contribution in [-0.2, 0) is 4.74 Å². The van der Waals surface area contributed by atoms with Gasteiger partial charge in [0.1, 0.15) is 5.82 Å². The lowest BCUT2D eigenvalue weighted by Crippen LogP contribution is -2.13. The van der Waals surface area contributed by atoms with Gasteiger partial charge in [0, 0.05) is 11.6 Å². The number of nitrogens with one attached hydrogen (secondary N) is 2. The summed E-state index contributed by atoms with van der Waals surface area (Å²) < 4.78 is 4.83. The van der Waals surface area contributed by atoms with Gasteiger partial charge in [0.2, 0.25) is 0 Å². The van der Waals surface area contributed by atoms with E-state index in [4.69, 9.17) is 4.74 Å². The second-order valence-corrected chi connectivity index (χ2v) is 4.35. The second kappa shape index (κ2) is 5.08. The van der Waals surface area contributed by atoms with Crippen molar-refractivity contribution >= 4 is 22.8 Å². The van der Waals surface area contributed by atoms with Crippen molar-refractivity contribution in [2.24, 2.45) is 0 Å². The molecule has 0 bridgehead atoms. The quantitative estimate of drug-likeness (QED) is 0.874. The van der Waals surface area contributed by atoms with Gasteiger partial charge < -0.3 is 9.72 Å². The number of carbonyl (C=O) groups is 1. The summed E-state index contributed by atoms with van der Waals surface area (Å²) in [5.41, 5.74) is 2.50. The molecule has 0 atom stereocenters. The zero-order valence-electron chi connectivity index (χ0n) is 10.8. The summed E-state index contributed by atoms with van der Waals surface area (Å²) >= 11 is 0. The average molecular weight is 247 g/mol. The topological polar surface area (TPSA) is 67.0 Å². The van der Waals surface area contributed by atoms with Gasteiger partial charge in [0.05, 0.1) is 17.6 Å². The first kappa shape index (κ1) is 12.4. The molecule has 2 rings (SSSR count). The molecule has 5 nitrogen and oxygen atoms in total. The number of H-pyrrole nitrogens is 1. The van der Waals surface area contributed by atoms with Crippen LogP contribution >= 0.6 is 0 Å². The van der Waals surface area contributed by atoms with E-state index in [1.54, 1.807) is 6.92 Å². The first-order chi connectivity index (χ1) is 8.60. The molecule has 1 amide bonds. The molecule has 18 heavy (non-hydrogen) atoms. The average Bonchev–Trinajstić information content (AvgIpc) is 2.72. The first-order valence-electron chi connectivity index (χ1n) is 6.03. The molecule has 0 spiro atoms. The van der Waals surface area contributed by atoms with Crippen molar-refractivity contribution in [3.8, 4) is 0 Å². The Morgan fingerprint density at radius 3 is 2.94 bits per heavy atom. The van der Waals surface area contributed by atoms with E-state index in [-0.39, 0.29) is 0 Å². The fourth-order valence-electron chi connectivity index (χ4n) is 1.67. The lowest BCUT2D eigenvalue weighted by molar-refractivity contribution is 0.168. The number of imidazole rings is 1. The Morgan fingerprint density at radius 1 is 1.50 bits per heavy atom. The van der Waals surface area contributed by atoms with Crippen LogP contribution in [0.5, 0.6) is 0 Å². The molecule has 0 fully saturated rings. The molecule has 0 aliphatic heterocycles. The Bertz CT molecular complexity index is 560. The van der Waals surface area contributed by atoms with E-state index in [0.29, 0.717) is 18.2 Å². The summed E-state index contributed by atoms with van der Waals surface area (Å²) in [5, 5.41) is 2.66. The highest BCUT2D eigenvalue weighted by Crippen LogP contribution is 2.20. The van der Waals surface area contributed by atoms with Crippen LogP contribution in [0.25, 0.3) is 11.0 Å². The first-order valence-corrected chi connectivity index (χ1v) is 6.03. The van der Waals surface area contributed by atoms with Gasteiger partial charge in [-0.1, -0.05) is 13.8 Å². The van der Waals surface area contributed by atoms with Crippen molar-refractivity contribution in [1.29, 1.82) is 0 Å². The van der Waals surface area contributed by atoms with Crippen LogP contribution in [0.4, 0.5) is 10.5 Å². The number of benzene rings is 1. The third kappa shape index (κ3) is 2.61. The van der Waals surface area contributed by atoms with Crippen LogP contribution in [0.15, 0.2) is 18.2 Å². The fraction of sp³-hybridized carbons (Fsp3) is 0.385. The molecule has 0 saturated carbocycles. The molecule has 96 valence electrons. The number of amides is 1. The Kier molecular flexibility index (Phi) is 3.50. The molecule has 0 radical (unpaired) electrons. The van der Waals surface area contributed by atoms with Crippen LogP contribution in [-0.4, -0.2) is 22.7 Å². The zero-order valence-corrected chi connectivity index (χ0v) is 10.8. The van der Waals surface area contributed by atoms with E-state index < -0.39 is 6.09 Å². The molecule has 2 aromatic rings. The molecule has 0 aliphatic rings. The van der Waals surface area contributed by atoms with Gasteiger partial charge in [-0.15, -0.1) is 0 Å². The molecular weight excluding hydrogens is 230 g/mol. The predicted octanol–water partition coefficient (Wildman–Crippen LogP) is 3.25. The van der Waals surface area contributed by atoms with E-state index in [1.165, 1.54) is 0 Å². The number of hydrogen-bond donors (Lipinski definition) is 2. The number of aromatic nitrogens is 2. The van der Waals surface area contributed by atoms with E-state index in [1.807, 2.05) is 18.2 Å². The molecule has 0 aliphatic carbocycles. The van der Waals surface area contributed by atoms with Crippen LogP contribution < -0.4 is 5.32 Å². The van der Waals surface area contributed by atoms with Gasteiger partial charge in [-0.25, -0.2) is 9.78 Å². The maximum atomic E-state index is 11.3. The number of nitrogens with zero attached hydrogens (tertiary/aromatic N) is 1. The zero-order chi connectivity index (χ0) is 13.1. The van der Waals surface area contributed by atoms with E-state index >= 15 is 0 Å². The summed E-state index contributed by atoms with van der Waals surface area (Å²) in [5.74, 6) is 1.29. The number of rotatable bonds is 3. The third-order valence-electron chi connectivity index (χ3n) is 2.57. The van der Waals surface area contributed by atoms with Crippen LogP contribution in [0, 0.1) is 0 Å². The minimum absolute atomic E-state index is 0.346. The Morgan fingerprint density at radius 2 is 2.28 bits per heavy atom. The fourth-order valence-corrected chi connectivity index (χ4v) is 1.67. The smallest absolute Gasteiger partial charge is 0.411 e. The molecule has 0 unspecified atom stereocenters. The minimum atomic E-state index is -0.444. The summed E-state index contributed by atoms with van der Waals surface area (Å²) in [6.45, 7) is 6.28. The van der Waals surface area contributed by atoms with Crippen molar-refractivity contribution < 1.29 is 9.53 Å². The number of ether oxygens (including phenoxy) is 1. The normalized spacial score (nSPS) is 10.9. The van der Waals surface area contributed by atoms with Crippen LogP contribution in [0.2, 0.25) is 0 Å². The molecular formula is C13H17N3O2. The minimum Gasteiger partial charge on any atom is -0.450 e. The van der Waals surface area contributed by atoms with Crippen molar-refractivity contribution in [1.82, 2.24) is 9.97 Å². The SMILES string of the molecule is CCOC(=O)Nc1ccc2nc(C(C)C)[nH]c2c1. The molecule has 1 heterocycles. The standard InChI is InChI=1S/C13H17N3O2/c1-4-18-13(17)14-9-5-6-10-11(7-9)16-12(15-10)8(2)3/h5-8H,4H2,1-3H3,(H,14,17)(H,15,16). The maximum absolute atomic E-state index is 11.3. The summed E-state index contributed by atoms with van der Waals surface area (Å²) in [4.78, 5) is 19.0. The van der Waals surface area contributed by atoms with Crippen LogP contribution in [0.3, 0.4) is 0 Å². The maximum Gasteiger partial charge on any atom is 0.411 e. The van der Waals surface area contributed by atoms with E-state index in [9.17, 15) is 4.79 Å². The lowest BCUT2D eigenvalue weighted by atomic mass is 10.2. The Balaban J connectivity index is 2.24. The van der Waals surface area contributed by atoms with Gasteiger partial charge in [-0.3, -0.25) is 5.32 Å². The Hall–Kier alpha value is -2.04. The van der Waals surface area contributed by atoms with Gasteiger partial charge >= 0.3 is 6.09 Å². The monoisotopic (exact) mass is 247 g/mol. The number of fused-ring (bicyclic) bond motifs is 1. The van der Waals surface area contributed by atoms with E-state index in [0.717, 1.165) is 16.9 Å². The number of aromatic amines is 1. The molecule has 1 aromatic carbocycles. The highest BCUT2D eigenvalue weighted by Gasteiger charge is 2.08. The van der Waals surface area contributed by atoms with Crippen molar-refractivity contribution in [2.45, 2.75) is 26.7 Å². The van der Waals surface area contributed by atoms with Gasteiger partial charge in [-0.2, -0.15) is 0 Å². The number of hydrogen-bond acceptors (Lipinski definition) is 3. The Labute approximate surface area is 106 Å². The third-order valence-corrected chi connectivity index (χ3v) is 2.57. The highest BCUT2D eigenvalue weighted by atomic mass is 16.5. The van der Waals surface area contributed by atoms with Gasteiger partial charge in [0.15, 0.2) is 0 Å². The summed E-state index contributed by atoms with van der Waals surface area (Å²) in [6.07, 6.45) is -0.444. The van der Waals surface area contributed by atoms with Gasteiger partial charge in [-0.05, 0) is 25.1 Å². The summed E-state index contributed by atoms with van der Waals surface area (Å²) in [6, 6.07) is 5.54. The highest BCUT2D eigenvalue weighted by molar-refractivity contribution is 5.88.